The molecule has 290 valence electrons. The van der Waals surface area contributed by atoms with Crippen LogP contribution >= 0.6 is 0 Å². The molecule has 3 heterocycles. The molecule has 10 rings (SSSR count). The number of ether oxygens (including phenoxy) is 1. The van der Waals surface area contributed by atoms with Crippen molar-refractivity contribution in [1.82, 2.24) is 5.32 Å². The van der Waals surface area contributed by atoms with Gasteiger partial charge in [-0.2, -0.15) is 0 Å². The van der Waals surface area contributed by atoms with Crippen LogP contribution in [0.1, 0.15) is 83.5 Å². The highest BCUT2D eigenvalue weighted by Gasteiger charge is 2.37. The van der Waals surface area contributed by atoms with Crippen molar-refractivity contribution in [2.75, 3.05) is 0 Å². The Morgan fingerprint density at radius 3 is 2.42 bits per heavy atom. The predicted octanol–water partition coefficient (Wildman–Crippen LogP) is 12.0. The number of aliphatic imine (C=N–C) groups is 2. The molecule has 0 amide bonds. The SMILES string of the molecule is C1=CCC(C2=CCC(C3=NC(C4=CC5C6=C(C=CCC6)OC5C=C4)CCCC(C4=CC=CC(C5=C(C6=CCCCC6)NC(C6C=CC=CC6)C=C5)C4)=N3)C=C2)C=C1. The molecule has 10 aliphatic rings. The lowest BCUT2D eigenvalue weighted by Gasteiger charge is -2.34. The summed E-state index contributed by atoms with van der Waals surface area (Å²) in [6.45, 7) is 0. The van der Waals surface area contributed by atoms with Gasteiger partial charge in [0.2, 0.25) is 0 Å². The van der Waals surface area contributed by atoms with Crippen LogP contribution in [0.2, 0.25) is 0 Å². The van der Waals surface area contributed by atoms with E-state index in [-0.39, 0.29) is 18.1 Å². The van der Waals surface area contributed by atoms with Crippen molar-refractivity contribution in [3.8, 4) is 0 Å². The van der Waals surface area contributed by atoms with E-state index in [9.17, 15) is 0 Å². The molecule has 1 N–H and O–H groups in total. The second-order valence-electron chi connectivity index (χ2n) is 17.4. The van der Waals surface area contributed by atoms with Crippen molar-refractivity contribution in [2.24, 2.45) is 39.6 Å². The number of amidine groups is 1. The zero-order valence-corrected chi connectivity index (χ0v) is 33.3. The molecule has 0 aromatic heterocycles. The first kappa shape index (κ1) is 36.4. The number of nitrogens with one attached hydrogen (secondary N) is 1. The van der Waals surface area contributed by atoms with E-state index in [4.69, 9.17) is 14.7 Å². The number of fused-ring (bicyclic) bond motifs is 2. The average Bonchev–Trinajstić information content (AvgIpc) is 3.65. The number of allylic oxidation sites excluding steroid dienone is 20. The van der Waals surface area contributed by atoms with Crippen LogP contribution in [0.4, 0.5) is 0 Å². The molecule has 4 heteroatoms. The third kappa shape index (κ3) is 7.73. The minimum Gasteiger partial charge on any atom is -0.485 e. The summed E-state index contributed by atoms with van der Waals surface area (Å²) in [5, 5.41) is 4.09. The predicted molar refractivity (Wildman–Crippen MR) is 237 cm³/mol. The van der Waals surface area contributed by atoms with Gasteiger partial charge in [-0.3, -0.25) is 4.99 Å². The van der Waals surface area contributed by atoms with Gasteiger partial charge < -0.3 is 10.1 Å². The van der Waals surface area contributed by atoms with E-state index in [2.05, 4.69) is 139 Å². The van der Waals surface area contributed by atoms with Crippen LogP contribution in [-0.2, 0) is 4.74 Å². The molecule has 0 radical (unpaired) electrons. The van der Waals surface area contributed by atoms with E-state index in [1.54, 1.807) is 0 Å². The summed E-state index contributed by atoms with van der Waals surface area (Å²) in [4.78, 5) is 11.3. The topological polar surface area (TPSA) is 46.0 Å². The van der Waals surface area contributed by atoms with E-state index in [1.807, 2.05) is 0 Å². The first-order chi connectivity index (χ1) is 28.2. The van der Waals surface area contributed by atoms with E-state index < -0.39 is 0 Å². The van der Waals surface area contributed by atoms with Gasteiger partial charge in [-0.1, -0.05) is 122 Å². The number of rotatable bonds is 7. The average molecular weight is 752 g/mol. The van der Waals surface area contributed by atoms with Gasteiger partial charge in [0.1, 0.15) is 17.7 Å². The second-order valence-corrected chi connectivity index (χ2v) is 17.4. The number of hydrogen-bond acceptors (Lipinski definition) is 4. The molecular weight excluding hydrogens is 695 g/mol. The Kier molecular flexibility index (Phi) is 10.5. The van der Waals surface area contributed by atoms with Gasteiger partial charge in [0.15, 0.2) is 0 Å². The van der Waals surface area contributed by atoms with Crippen LogP contribution in [0.5, 0.6) is 0 Å². The molecule has 8 atom stereocenters. The lowest BCUT2D eigenvalue weighted by atomic mass is 9.79. The van der Waals surface area contributed by atoms with Crippen molar-refractivity contribution >= 4 is 11.5 Å². The molecule has 0 saturated heterocycles. The molecule has 0 aromatic carbocycles. The molecule has 57 heavy (non-hydrogen) atoms. The molecule has 0 aromatic rings. The van der Waals surface area contributed by atoms with Crippen LogP contribution in [0, 0.1) is 29.6 Å². The molecular formula is C53H57N3O. The van der Waals surface area contributed by atoms with Crippen LogP contribution in [0.3, 0.4) is 0 Å². The minimum atomic E-state index is 0.0989. The lowest BCUT2D eigenvalue weighted by Crippen LogP contribution is -2.37. The van der Waals surface area contributed by atoms with Crippen molar-refractivity contribution < 1.29 is 4.74 Å². The molecule has 0 fully saturated rings. The quantitative estimate of drug-likeness (QED) is 0.282. The molecule has 0 saturated carbocycles. The molecule has 7 aliphatic carbocycles. The summed E-state index contributed by atoms with van der Waals surface area (Å²) >= 11 is 0. The fourth-order valence-electron chi connectivity index (χ4n) is 10.5. The Bertz CT molecular complexity index is 2170. The third-order valence-electron chi connectivity index (χ3n) is 13.7. The molecule has 3 aliphatic heterocycles. The highest BCUT2D eigenvalue weighted by molar-refractivity contribution is 6.08. The maximum Gasteiger partial charge on any atom is 0.131 e. The number of nitrogens with zero attached hydrogens (tertiary/aromatic N) is 2. The maximum atomic E-state index is 6.38. The molecule has 0 bridgehead atoms. The fraction of sp³-hybridized carbons (Fsp3) is 0.396. The second kappa shape index (κ2) is 16.5. The summed E-state index contributed by atoms with van der Waals surface area (Å²) in [6, 6.07) is 0.419. The number of hydrogen-bond donors (Lipinski definition) is 1. The van der Waals surface area contributed by atoms with Crippen LogP contribution in [-0.4, -0.2) is 29.7 Å². The highest BCUT2D eigenvalue weighted by Crippen LogP contribution is 2.43. The highest BCUT2D eigenvalue weighted by atomic mass is 16.5. The van der Waals surface area contributed by atoms with E-state index >= 15 is 0 Å². The Hall–Kier alpha value is -4.96. The van der Waals surface area contributed by atoms with Crippen molar-refractivity contribution in [1.29, 1.82) is 0 Å². The van der Waals surface area contributed by atoms with E-state index in [0.29, 0.717) is 29.7 Å². The lowest BCUT2D eigenvalue weighted by molar-refractivity contribution is 0.173. The third-order valence-corrected chi connectivity index (χ3v) is 13.7. The maximum absolute atomic E-state index is 6.38. The largest absolute Gasteiger partial charge is 0.485 e. The molecule has 0 spiro atoms. The summed E-state index contributed by atoms with van der Waals surface area (Å²) in [5.74, 6) is 3.82. The van der Waals surface area contributed by atoms with E-state index in [1.165, 1.54) is 64.1 Å². The number of dihydropyridines is 1. The summed E-state index contributed by atoms with van der Waals surface area (Å²) in [6.07, 6.45) is 65.7. The normalized spacial score (nSPS) is 34.2. The molecule has 8 unspecified atom stereocenters. The van der Waals surface area contributed by atoms with Crippen molar-refractivity contribution in [3.63, 3.8) is 0 Å². The van der Waals surface area contributed by atoms with Crippen molar-refractivity contribution in [3.05, 3.63) is 179 Å². The van der Waals surface area contributed by atoms with Gasteiger partial charge in [0.25, 0.3) is 0 Å². The Morgan fingerprint density at radius 2 is 1.58 bits per heavy atom. The Morgan fingerprint density at radius 1 is 0.667 bits per heavy atom. The Balaban J connectivity index is 0.950. The summed E-state index contributed by atoms with van der Waals surface area (Å²) in [5.41, 5.74) is 11.2. The fourth-order valence-corrected chi connectivity index (χ4v) is 10.5. The van der Waals surface area contributed by atoms with Crippen LogP contribution in [0.15, 0.2) is 189 Å². The first-order valence-corrected chi connectivity index (χ1v) is 22.2. The van der Waals surface area contributed by atoms with Gasteiger partial charge in [0.05, 0.1) is 12.1 Å². The molecule has 4 nitrogen and oxygen atoms in total. The van der Waals surface area contributed by atoms with Crippen LogP contribution < -0.4 is 5.32 Å². The Labute approximate surface area is 340 Å². The van der Waals surface area contributed by atoms with Gasteiger partial charge in [0, 0.05) is 41.0 Å². The minimum absolute atomic E-state index is 0.0989. The van der Waals surface area contributed by atoms with Crippen LogP contribution in [0.25, 0.3) is 0 Å². The van der Waals surface area contributed by atoms with Gasteiger partial charge >= 0.3 is 0 Å². The van der Waals surface area contributed by atoms with Gasteiger partial charge in [-0.25, -0.2) is 4.99 Å². The van der Waals surface area contributed by atoms with Gasteiger partial charge in [-0.15, -0.1) is 0 Å². The summed E-state index contributed by atoms with van der Waals surface area (Å²) < 4.78 is 6.38. The first-order valence-electron chi connectivity index (χ1n) is 22.2. The zero-order chi connectivity index (χ0) is 38.0. The van der Waals surface area contributed by atoms with E-state index in [0.717, 1.165) is 75.8 Å². The van der Waals surface area contributed by atoms with Gasteiger partial charge in [-0.05, 0) is 129 Å². The standard InChI is InChI=1S/C53H57N3O/c1-4-14-36(15-5-1)37-26-28-40(29-27-37)53-55-47(23-13-24-48(56-53)43-30-33-51-46(35-43)45-22-10-11-25-50(45)57-51)42-21-12-20-41(34-42)44-31-32-49(38-16-6-2-7-17-38)54-52(44)39-18-8-3-9-19-39/h1-2,4-7,11-12,14,16,18,20-21,25-28,30-33,35-36,38,40-41,46,48-49,51,54H,3,8-10,13,15,17,19,22-24,29,34H2. The monoisotopic (exact) mass is 751 g/mol. The smallest absolute Gasteiger partial charge is 0.131 e. The zero-order valence-electron chi connectivity index (χ0n) is 33.3. The van der Waals surface area contributed by atoms with Crippen molar-refractivity contribution in [2.45, 2.75) is 102 Å². The summed E-state index contributed by atoms with van der Waals surface area (Å²) in [7, 11) is 0.